The average Bonchev–Trinajstić information content (AvgIpc) is 3.12. The van der Waals surface area contributed by atoms with E-state index in [2.05, 4.69) is 23.8 Å². The number of amides is 2. The molecule has 36 heavy (non-hydrogen) atoms. The number of hydrogen-bond acceptors (Lipinski definition) is 4. The molecule has 1 aromatic heterocycles. The maximum atomic E-state index is 14.5. The Hall–Kier alpha value is -2.74. The summed E-state index contributed by atoms with van der Waals surface area (Å²) >= 11 is 0. The molecule has 0 spiro atoms. The quantitative estimate of drug-likeness (QED) is 0.601. The third-order valence-corrected chi connectivity index (χ3v) is 6.49. The van der Waals surface area contributed by atoms with Gasteiger partial charge in [0, 0.05) is 51.5 Å². The van der Waals surface area contributed by atoms with Gasteiger partial charge in [-0.15, -0.1) is 0 Å². The van der Waals surface area contributed by atoms with Gasteiger partial charge in [-0.2, -0.15) is 5.10 Å². The minimum atomic E-state index is -0.370. The lowest BCUT2D eigenvalue weighted by Gasteiger charge is -2.32. The lowest BCUT2D eigenvalue weighted by atomic mass is 10.1. The summed E-state index contributed by atoms with van der Waals surface area (Å²) in [5.74, 6) is 0.280. The molecule has 0 N–H and O–H groups in total. The van der Waals surface area contributed by atoms with Gasteiger partial charge in [0.15, 0.2) is 0 Å². The van der Waals surface area contributed by atoms with E-state index in [1.165, 1.54) is 12.1 Å². The summed E-state index contributed by atoms with van der Waals surface area (Å²) in [6.45, 7) is 14.3. The van der Waals surface area contributed by atoms with Crippen LogP contribution in [0.4, 0.5) is 10.1 Å². The summed E-state index contributed by atoms with van der Waals surface area (Å²) in [6, 6.07) is 4.57. The second-order valence-electron chi connectivity index (χ2n) is 10.8. The number of carbonyl (C=O) groups excluding carboxylic acids is 2. The Morgan fingerprint density at radius 1 is 1.03 bits per heavy atom. The molecule has 2 aromatic rings. The van der Waals surface area contributed by atoms with Gasteiger partial charge in [-0.3, -0.25) is 14.3 Å². The molecule has 7 nitrogen and oxygen atoms in total. The van der Waals surface area contributed by atoms with Crippen molar-refractivity contribution >= 4 is 17.5 Å². The highest BCUT2D eigenvalue weighted by Gasteiger charge is 2.26. The van der Waals surface area contributed by atoms with Crippen LogP contribution in [0.2, 0.25) is 0 Å². The Bertz CT molecular complexity index is 1050. The fourth-order valence-electron chi connectivity index (χ4n) is 4.97. The molecule has 0 atom stereocenters. The molecule has 0 bridgehead atoms. The van der Waals surface area contributed by atoms with E-state index in [0.717, 1.165) is 32.5 Å². The van der Waals surface area contributed by atoms with Crippen LogP contribution < -0.4 is 4.90 Å². The van der Waals surface area contributed by atoms with Crippen LogP contribution in [0.15, 0.2) is 24.4 Å². The van der Waals surface area contributed by atoms with Gasteiger partial charge in [-0.25, -0.2) is 4.39 Å². The van der Waals surface area contributed by atoms with Gasteiger partial charge in [-0.05, 0) is 68.5 Å². The maximum absolute atomic E-state index is 14.5. The number of aromatic nitrogens is 2. The predicted molar refractivity (Wildman–Crippen MR) is 141 cm³/mol. The molecule has 0 radical (unpaired) electrons. The highest BCUT2D eigenvalue weighted by atomic mass is 19.1. The molecule has 1 aliphatic heterocycles. The van der Waals surface area contributed by atoms with Crippen LogP contribution in [0.1, 0.15) is 68.6 Å². The normalized spacial score (nSPS) is 16.1. The fourth-order valence-corrected chi connectivity index (χ4v) is 4.97. The zero-order valence-electron chi connectivity index (χ0n) is 22.8. The summed E-state index contributed by atoms with van der Waals surface area (Å²) in [4.78, 5) is 33.0. The van der Waals surface area contributed by atoms with E-state index in [9.17, 15) is 14.0 Å². The van der Waals surface area contributed by atoms with Crippen LogP contribution in [0.3, 0.4) is 0 Å². The van der Waals surface area contributed by atoms with Gasteiger partial charge in [0.2, 0.25) is 5.91 Å². The molecule has 198 valence electrons. The van der Waals surface area contributed by atoms with Crippen LogP contribution in [-0.2, 0) is 18.4 Å². The fraction of sp³-hybridized carbons (Fsp3) is 0.607. The van der Waals surface area contributed by atoms with E-state index in [-0.39, 0.29) is 30.1 Å². The number of halogens is 1. The van der Waals surface area contributed by atoms with Crippen molar-refractivity contribution < 1.29 is 14.0 Å². The van der Waals surface area contributed by atoms with Gasteiger partial charge < -0.3 is 14.7 Å². The number of carbonyl (C=O) groups is 2. The van der Waals surface area contributed by atoms with Crippen molar-refractivity contribution in [2.75, 3.05) is 37.6 Å². The molecule has 2 amide bonds. The van der Waals surface area contributed by atoms with Gasteiger partial charge in [-0.1, -0.05) is 27.7 Å². The minimum absolute atomic E-state index is 0.0336. The molecule has 3 rings (SSSR count). The molecule has 1 aromatic carbocycles. The van der Waals surface area contributed by atoms with Crippen molar-refractivity contribution in [3.05, 3.63) is 47.0 Å². The number of nitrogens with zero attached hydrogens (tertiary/aromatic N) is 5. The van der Waals surface area contributed by atoms with Gasteiger partial charge in [0.1, 0.15) is 5.82 Å². The number of benzene rings is 1. The minimum Gasteiger partial charge on any atom is -0.334 e. The van der Waals surface area contributed by atoms with E-state index in [1.807, 2.05) is 25.7 Å². The topological polar surface area (TPSA) is 61.7 Å². The molecule has 8 heteroatoms. The lowest BCUT2D eigenvalue weighted by molar-refractivity contribution is -0.119. The molecular weight excluding hydrogens is 457 g/mol. The molecule has 0 aliphatic carbocycles. The zero-order valence-corrected chi connectivity index (χ0v) is 22.8. The van der Waals surface area contributed by atoms with Crippen LogP contribution in [0.25, 0.3) is 0 Å². The number of rotatable bonds is 5. The van der Waals surface area contributed by atoms with Crippen molar-refractivity contribution in [2.45, 2.75) is 60.4 Å². The standard InChI is InChI=1S/C28H42FN5O2/c1-20(2)15-27(35)34-14-8-12-32(17-21(3)4)11-7-13-33(18-23-16-24(29)9-10-26(23)34)28(36)25-19-31(6)30-22(25)5/h9-10,16,19-21H,7-8,11-15,17-18H2,1-6H3. The SMILES string of the molecule is Cc1nn(C)cc1C(=O)N1CCCN(CC(C)C)CCCN(C(=O)CC(C)C)c2ccc(F)cc2C1. The van der Waals surface area contributed by atoms with Crippen molar-refractivity contribution in [1.29, 1.82) is 0 Å². The number of anilines is 1. The van der Waals surface area contributed by atoms with Crippen molar-refractivity contribution in [3.8, 4) is 0 Å². The van der Waals surface area contributed by atoms with Crippen LogP contribution in [-0.4, -0.2) is 64.1 Å². The molecule has 0 fully saturated rings. The average molecular weight is 500 g/mol. The Balaban J connectivity index is 2.02. The monoisotopic (exact) mass is 499 g/mol. The number of hydrogen-bond donors (Lipinski definition) is 0. The van der Waals surface area contributed by atoms with E-state index in [0.29, 0.717) is 47.9 Å². The lowest BCUT2D eigenvalue weighted by Crippen LogP contribution is -2.40. The summed E-state index contributed by atoms with van der Waals surface area (Å²) < 4.78 is 16.1. The first kappa shape index (κ1) is 27.8. The molecule has 0 unspecified atom stereocenters. The van der Waals surface area contributed by atoms with Gasteiger partial charge in [0.05, 0.1) is 11.3 Å². The third-order valence-electron chi connectivity index (χ3n) is 6.49. The summed E-state index contributed by atoms with van der Waals surface area (Å²) in [5, 5.41) is 4.34. The van der Waals surface area contributed by atoms with Gasteiger partial charge in [0.25, 0.3) is 5.91 Å². The van der Waals surface area contributed by atoms with E-state index in [4.69, 9.17) is 0 Å². The first-order valence-electron chi connectivity index (χ1n) is 13.2. The second kappa shape index (κ2) is 12.5. The number of aryl methyl sites for hydroxylation is 2. The molecule has 1 aliphatic rings. The van der Waals surface area contributed by atoms with E-state index in [1.54, 1.807) is 28.9 Å². The molecular formula is C28H42FN5O2. The molecule has 0 saturated carbocycles. The van der Waals surface area contributed by atoms with Gasteiger partial charge >= 0.3 is 0 Å². The highest BCUT2D eigenvalue weighted by Crippen LogP contribution is 2.27. The van der Waals surface area contributed by atoms with Crippen LogP contribution in [0.5, 0.6) is 0 Å². The van der Waals surface area contributed by atoms with E-state index < -0.39 is 0 Å². The van der Waals surface area contributed by atoms with Crippen LogP contribution >= 0.6 is 0 Å². The van der Waals surface area contributed by atoms with Crippen molar-refractivity contribution in [2.24, 2.45) is 18.9 Å². The smallest absolute Gasteiger partial charge is 0.257 e. The summed E-state index contributed by atoms with van der Waals surface area (Å²) in [5.41, 5.74) is 2.57. The summed E-state index contributed by atoms with van der Waals surface area (Å²) in [7, 11) is 1.80. The Kier molecular flexibility index (Phi) is 9.65. The Labute approximate surface area is 215 Å². The highest BCUT2D eigenvalue weighted by molar-refractivity contribution is 5.96. The maximum Gasteiger partial charge on any atom is 0.257 e. The predicted octanol–water partition coefficient (Wildman–Crippen LogP) is 4.64. The Morgan fingerprint density at radius 2 is 1.72 bits per heavy atom. The number of fused-ring (bicyclic) bond motifs is 1. The molecule has 0 saturated heterocycles. The molecule has 2 heterocycles. The third kappa shape index (κ3) is 7.38. The van der Waals surface area contributed by atoms with Crippen LogP contribution in [0, 0.1) is 24.6 Å². The Morgan fingerprint density at radius 3 is 2.33 bits per heavy atom. The van der Waals surface area contributed by atoms with E-state index >= 15 is 0 Å². The zero-order chi connectivity index (χ0) is 26.4. The van der Waals surface area contributed by atoms with Crippen molar-refractivity contribution in [3.63, 3.8) is 0 Å². The first-order valence-corrected chi connectivity index (χ1v) is 13.2. The second-order valence-corrected chi connectivity index (χ2v) is 10.8. The summed E-state index contributed by atoms with van der Waals surface area (Å²) in [6.07, 6.45) is 3.82. The van der Waals surface area contributed by atoms with Crippen molar-refractivity contribution in [1.82, 2.24) is 19.6 Å². The first-order chi connectivity index (χ1) is 17.0. The largest absolute Gasteiger partial charge is 0.334 e.